The summed E-state index contributed by atoms with van der Waals surface area (Å²) in [6.45, 7) is 3.30. The maximum atomic E-state index is 13.7. The van der Waals surface area contributed by atoms with Crippen LogP contribution in [0.3, 0.4) is 0 Å². The van der Waals surface area contributed by atoms with Gasteiger partial charge in [-0.1, -0.05) is 0 Å². The molecule has 0 aromatic carbocycles. The van der Waals surface area contributed by atoms with Crippen LogP contribution in [0.2, 0.25) is 0 Å². The van der Waals surface area contributed by atoms with Crippen molar-refractivity contribution in [3.63, 3.8) is 0 Å². The Bertz CT molecular complexity index is 1460. The van der Waals surface area contributed by atoms with E-state index in [2.05, 4.69) is 39.6 Å². The summed E-state index contributed by atoms with van der Waals surface area (Å²) in [7, 11) is 4.16. The topological polar surface area (TPSA) is 112 Å². The van der Waals surface area contributed by atoms with E-state index in [0.29, 0.717) is 38.3 Å². The molecule has 3 aromatic rings. The smallest absolute Gasteiger partial charge is 0.276 e. The molecule has 0 unspecified atom stereocenters. The van der Waals surface area contributed by atoms with Crippen LogP contribution >= 0.6 is 11.3 Å². The summed E-state index contributed by atoms with van der Waals surface area (Å²) < 4.78 is 1.65. The fraction of sp³-hybridized carbons (Fsp3) is 0.500. The van der Waals surface area contributed by atoms with Crippen LogP contribution in [0.4, 0.5) is 11.5 Å². The minimum atomic E-state index is -0.644. The van der Waals surface area contributed by atoms with E-state index in [1.54, 1.807) is 10.6 Å². The number of aromatic nitrogens is 3. The number of amides is 2. The number of aryl methyl sites for hydroxylation is 1. The van der Waals surface area contributed by atoms with E-state index in [4.69, 9.17) is 0 Å². The van der Waals surface area contributed by atoms with Crippen molar-refractivity contribution in [3.8, 4) is 0 Å². The first-order chi connectivity index (χ1) is 17.8. The SMILES string of the molecule is Cc1cc(Nc2ncnc3sc(C(=O)N4CCC(N(C)C)CC4)cc23)c(=O)n2c1C(=O)NC21CCCC1. The molecule has 5 heterocycles. The van der Waals surface area contributed by atoms with Gasteiger partial charge in [0.05, 0.1) is 10.3 Å². The molecule has 0 radical (unpaired) electrons. The predicted octanol–water partition coefficient (Wildman–Crippen LogP) is 3.04. The van der Waals surface area contributed by atoms with Gasteiger partial charge in [0.1, 0.15) is 34.0 Å². The number of hydrogen-bond acceptors (Lipinski definition) is 8. The third kappa shape index (κ3) is 3.91. The van der Waals surface area contributed by atoms with Gasteiger partial charge in [-0.3, -0.25) is 19.0 Å². The van der Waals surface area contributed by atoms with Crippen LogP contribution in [0.5, 0.6) is 0 Å². The van der Waals surface area contributed by atoms with Gasteiger partial charge in [0.2, 0.25) is 0 Å². The van der Waals surface area contributed by atoms with Gasteiger partial charge in [0.25, 0.3) is 17.4 Å². The maximum Gasteiger partial charge on any atom is 0.276 e. The molecule has 2 aliphatic heterocycles. The molecular weight excluding hydrogens is 490 g/mol. The molecule has 3 aliphatic rings. The largest absolute Gasteiger partial charge is 0.338 e. The van der Waals surface area contributed by atoms with E-state index in [-0.39, 0.29) is 17.4 Å². The molecule has 11 heteroatoms. The van der Waals surface area contributed by atoms with Gasteiger partial charge in [-0.2, -0.15) is 0 Å². The number of carbonyl (C=O) groups is 2. The van der Waals surface area contributed by atoms with Crippen molar-refractivity contribution in [2.75, 3.05) is 32.5 Å². The lowest BCUT2D eigenvalue weighted by atomic mass is 10.0. The molecule has 2 N–H and O–H groups in total. The van der Waals surface area contributed by atoms with Crippen LogP contribution in [0.1, 0.15) is 64.2 Å². The molecule has 0 atom stereocenters. The Morgan fingerprint density at radius 3 is 2.59 bits per heavy atom. The number of nitrogens with zero attached hydrogens (tertiary/aromatic N) is 5. The summed E-state index contributed by atoms with van der Waals surface area (Å²) in [4.78, 5) is 53.9. The highest BCUT2D eigenvalue weighted by atomic mass is 32.1. The van der Waals surface area contributed by atoms with Crippen LogP contribution in [0.15, 0.2) is 23.3 Å². The van der Waals surface area contributed by atoms with Crippen LogP contribution in [-0.2, 0) is 5.66 Å². The second-order valence-electron chi connectivity index (χ2n) is 10.6. The first-order valence-corrected chi connectivity index (χ1v) is 13.7. The molecule has 1 spiro atoms. The number of piperidine rings is 1. The maximum absolute atomic E-state index is 13.7. The molecule has 37 heavy (non-hydrogen) atoms. The van der Waals surface area contributed by atoms with Gasteiger partial charge in [-0.05, 0) is 77.2 Å². The molecule has 0 bridgehead atoms. The number of likely N-dealkylation sites (tertiary alicyclic amines) is 1. The number of pyridine rings is 1. The van der Waals surface area contributed by atoms with Gasteiger partial charge in [0, 0.05) is 19.1 Å². The molecule has 2 amide bonds. The van der Waals surface area contributed by atoms with Crippen molar-refractivity contribution in [3.05, 3.63) is 44.9 Å². The highest BCUT2D eigenvalue weighted by molar-refractivity contribution is 7.20. The number of nitrogens with one attached hydrogen (secondary N) is 2. The van der Waals surface area contributed by atoms with Gasteiger partial charge in [-0.15, -0.1) is 11.3 Å². The first kappa shape index (κ1) is 24.1. The summed E-state index contributed by atoms with van der Waals surface area (Å²) in [5.74, 6) is 0.289. The highest BCUT2D eigenvalue weighted by Gasteiger charge is 2.46. The van der Waals surface area contributed by atoms with Gasteiger partial charge in [0.15, 0.2) is 0 Å². The molecule has 1 saturated carbocycles. The molecule has 2 fully saturated rings. The third-order valence-corrected chi connectivity index (χ3v) is 9.12. The van der Waals surface area contributed by atoms with Crippen LogP contribution < -0.4 is 16.2 Å². The van der Waals surface area contributed by atoms with Crippen molar-refractivity contribution in [2.24, 2.45) is 0 Å². The lowest BCUT2D eigenvalue weighted by molar-refractivity contribution is 0.0668. The summed E-state index contributed by atoms with van der Waals surface area (Å²) in [6.07, 6.45) is 6.77. The minimum Gasteiger partial charge on any atom is -0.338 e. The zero-order chi connectivity index (χ0) is 25.9. The van der Waals surface area contributed by atoms with Crippen molar-refractivity contribution in [1.82, 2.24) is 29.7 Å². The molecule has 10 nitrogen and oxygen atoms in total. The number of rotatable bonds is 4. The zero-order valence-electron chi connectivity index (χ0n) is 21.3. The van der Waals surface area contributed by atoms with Crippen LogP contribution in [0.25, 0.3) is 10.2 Å². The van der Waals surface area contributed by atoms with Crippen molar-refractivity contribution in [2.45, 2.75) is 57.2 Å². The average Bonchev–Trinajstić information content (AvgIpc) is 3.60. The zero-order valence-corrected chi connectivity index (χ0v) is 22.2. The number of fused-ring (bicyclic) bond motifs is 3. The highest BCUT2D eigenvalue weighted by Crippen LogP contribution is 2.39. The van der Waals surface area contributed by atoms with E-state index in [1.165, 1.54) is 17.7 Å². The van der Waals surface area contributed by atoms with Crippen LogP contribution in [-0.4, -0.2) is 69.4 Å². The van der Waals surface area contributed by atoms with Crippen molar-refractivity contribution >= 4 is 44.9 Å². The second kappa shape index (κ2) is 8.91. The van der Waals surface area contributed by atoms with Crippen molar-refractivity contribution < 1.29 is 9.59 Å². The Morgan fingerprint density at radius 2 is 1.89 bits per heavy atom. The van der Waals surface area contributed by atoms with Gasteiger partial charge in [-0.25, -0.2) is 9.97 Å². The van der Waals surface area contributed by atoms with E-state index in [0.717, 1.165) is 57.2 Å². The minimum absolute atomic E-state index is 0.00682. The summed E-state index contributed by atoms with van der Waals surface area (Å²) >= 11 is 1.34. The summed E-state index contributed by atoms with van der Waals surface area (Å²) in [5, 5.41) is 6.99. The Hall–Kier alpha value is -3.31. The monoisotopic (exact) mass is 521 g/mol. The second-order valence-corrected chi connectivity index (χ2v) is 11.6. The Labute approximate surface area is 218 Å². The van der Waals surface area contributed by atoms with E-state index in [9.17, 15) is 14.4 Å². The Kier molecular flexibility index (Phi) is 5.79. The van der Waals surface area contributed by atoms with Crippen molar-refractivity contribution in [1.29, 1.82) is 0 Å². The Balaban J connectivity index is 1.32. The average molecular weight is 522 g/mol. The van der Waals surface area contributed by atoms with E-state index in [1.807, 2.05) is 17.9 Å². The molecule has 6 rings (SSSR count). The number of thiophene rings is 1. The quantitative estimate of drug-likeness (QED) is 0.543. The lowest BCUT2D eigenvalue weighted by Crippen LogP contribution is -2.45. The first-order valence-electron chi connectivity index (χ1n) is 12.8. The van der Waals surface area contributed by atoms with E-state index >= 15 is 0 Å². The Morgan fingerprint density at radius 1 is 1.16 bits per heavy atom. The number of carbonyl (C=O) groups excluding carboxylic acids is 2. The normalized spacial score (nSPS) is 19.1. The van der Waals surface area contributed by atoms with E-state index < -0.39 is 5.66 Å². The molecule has 3 aromatic heterocycles. The number of hydrogen-bond donors (Lipinski definition) is 2. The van der Waals surface area contributed by atoms with Gasteiger partial charge < -0.3 is 20.4 Å². The molecule has 1 aliphatic carbocycles. The third-order valence-electron chi connectivity index (χ3n) is 8.09. The fourth-order valence-corrected chi connectivity index (χ4v) is 7.05. The molecular formula is C26H31N7O3S. The lowest BCUT2D eigenvalue weighted by Gasteiger charge is -2.35. The molecule has 1 saturated heterocycles. The summed E-state index contributed by atoms with van der Waals surface area (Å²) in [6, 6.07) is 4.03. The number of anilines is 2. The standard InChI is InChI=1S/C26H31N7O3S/c1-15-12-18(24(35)33-20(15)22(34)30-26(33)8-4-5-9-26)29-21-17-13-19(37-23(17)28-14-27-21)25(36)32-10-6-16(7-11-32)31(2)3/h12-14,16H,4-11H2,1-3H3,(H,30,34)(H,27,28,29). The summed E-state index contributed by atoms with van der Waals surface area (Å²) in [5.41, 5.74) is 0.633. The molecule has 194 valence electrons. The van der Waals surface area contributed by atoms with Gasteiger partial charge >= 0.3 is 0 Å². The van der Waals surface area contributed by atoms with Crippen LogP contribution in [0, 0.1) is 6.92 Å². The predicted molar refractivity (Wildman–Crippen MR) is 143 cm³/mol. The fourth-order valence-electron chi connectivity index (χ4n) is 6.09.